The molecule has 1 aliphatic carbocycles. The predicted octanol–water partition coefficient (Wildman–Crippen LogP) is 2.19. The maximum absolute atomic E-state index is 6.34. The van der Waals surface area contributed by atoms with Crippen molar-refractivity contribution in [1.82, 2.24) is 4.90 Å². The molecular formula is C12H26N2S. The normalized spacial score (nSPS) is 30.8. The van der Waals surface area contributed by atoms with Crippen LogP contribution in [0, 0.1) is 5.41 Å². The third-order valence-corrected chi connectivity index (χ3v) is 4.86. The van der Waals surface area contributed by atoms with Crippen molar-refractivity contribution in [2.24, 2.45) is 11.1 Å². The van der Waals surface area contributed by atoms with Gasteiger partial charge in [0.1, 0.15) is 0 Å². The molecule has 1 fully saturated rings. The van der Waals surface area contributed by atoms with Crippen LogP contribution in [0.4, 0.5) is 0 Å². The smallest absolute Gasteiger partial charge is 0.0211 e. The number of hydrogen-bond donors (Lipinski definition) is 1. The highest BCUT2D eigenvalue weighted by molar-refractivity contribution is 8.00. The van der Waals surface area contributed by atoms with E-state index in [4.69, 9.17) is 5.73 Å². The van der Waals surface area contributed by atoms with Crippen LogP contribution in [0.25, 0.3) is 0 Å². The van der Waals surface area contributed by atoms with E-state index in [1.54, 1.807) is 0 Å². The lowest BCUT2D eigenvalue weighted by atomic mass is 9.73. The molecule has 0 heterocycles. The monoisotopic (exact) mass is 230 g/mol. The molecule has 2 nitrogen and oxygen atoms in total. The van der Waals surface area contributed by atoms with Crippen molar-refractivity contribution in [2.75, 3.05) is 26.4 Å². The molecule has 0 aromatic heterocycles. The van der Waals surface area contributed by atoms with Crippen LogP contribution in [0.3, 0.4) is 0 Å². The zero-order valence-corrected chi connectivity index (χ0v) is 11.4. The summed E-state index contributed by atoms with van der Waals surface area (Å²) in [5, 5.41) is 0.675. The number of nitrogens with two attached hydrogens (primary N) is 1. The summed E-state index contributed by atoms with van der Waals surface area (Å²) in [5.74, 6) is 1.21. The Balaban J connectivity index is 2.34. The fourth-order valence-corrected chi connectivity index (χ4v) is 3.86. The van der Waals surface area contributed by atoms with Crippen molar-refractivity contribution in [2.45, 2.75) is 44.4 Å². The van der Waals surface area contributed by atoms with Gasteiger partial charge in [0.2, 0.25) is 0 Å². The van der Waals surface area contributed by atoms with Crippen molar-refractivity contribution >= 4 is 11.8 Å². The van der Waals surface area contributed by atoms with Crippen LogP contribution >= 0.6 is 11.8 Å². The Hall–Kier alpha value is 0.270. The lowest BCUT2D eigenvalue weighted by Gasteiger charge is -2.41. The zero-order chi connectivity index (χ0) is 11.5. The average Bonchev–Trinajstić information content (AvgIpc) is 2.12. The molecule has 1 rings (SSSR count). The lowest BCUT2D eigenvalue weighted by molar-refractivity contribution is 0.208. The lowest BCUT2D eigenvalue weighted by Crippen LogP contribution is -2.48. The highest BCUT2D eigenvalue weighted by atomic mass is 32.2. The molecule has 2 N–H and O–H groups in total. The molecule has 0 aromatic carbocycles. The van der Waals surface area contributed by atoms with Crippen molar-refractivity contribution in [3.05, 3.63) is 0 Å². The number of thioether (sulfide) groups is 1. The van der Waals surface area contributed by atoms with E-state index in [9.17, 15) is 0 Å². The minimum absolute atomic E-state index is 0.341. The average molecular weight is 230 g/mol. The Kier molecular flexibility index (Phi) is 4.94. The van der Waals surface area contributed by atoms with Gasteiger partial charge in [-0.2, -0.15) is 11.8 Å². The molecular weight excluding hydrogens is 204 g/mol. The van der Waals surface area contributed by atoms with E-state index in [1.165, 1.54) is 25.0 Å². The van der Waals surface area contributed by atoms with Crippen molar-refractivity contribution in [1.29, 1.82) is 0 Å². The van der Waals surface area contributed by atoms with Gasteiger partial charge in [0.15, 0.2) is 0 Å². The van der Waals surface area contributed by atoms with E-state index in [-0.39, 0.29) is 0 Å². The van der Waals surface area contributed by atoms with Crippen molar-refractivity contribution in [3.63, 3.8) is 0 Å². The van der Waals surface area contributed by atoms with Gasteiger partial charge in [-0.25, -0.2) is 0 Å². The topological polar surface area (TPSA) is 29.3 Å². The summed E-state index contributed by atoms with van der Waals surface area (Å²) in [6.07, 6.45) is 3.95. The van der Waals surface area contributed by atoms with E-state index in [0.29, 0.717) is 16.7 Å². The molecule has 0 saturated heterocycles. The van der Waals surface area contributed by atoms with Crippen LogP contribution in [0.2, 0.25) is 0 Å². The van der Waals surface area contributed by atoms with Crippen LogP contribution in [-0.2, 0) is 0 Å². The summed E-state index contributed by atoms with van der Waals surface area (Å²) < 4.78 is 0. The molecule has 0 aliphatic heterocycles. The van der Waals surface area contributed by atoms with Gasteiger partial charge in [-0.05, 0) is 32.4 Å². The quantitative estimate of drug-likeness (QED) is 0.803. The number of nitrogens with zero attached hydrogens (tertiary/aromatic N) is 1. The van der Waals surface area contributed by atoms with E-state index in [0.717, 1.165) is 6.54 Å². The van der Waals surface area contributed by atoms with Gasteiger partial charge >= 0.3 is 0 Å². The first-order valence-corrected chi connectivity index (χ1v) is 7.00. The second-order valence-corrected chi connectivity index (χ2v) is 6.97. The summed E-state index contributed by atoms with van der Waals surface area (Å²) in [6, 6.07) is 0.374. The minimum atomic E-state index is 0.341. The highest BCUT2D eigenvalue weighted by Crippen LogP contribution is 2.39. The molecule has 0 amide bonds. The largest absolute Gasteiger partial charge is 0.326 e. The molecule has 2 unspecified atom stereocenters. The van der Waals surface area contributed by atoms with E-state index in [1.807, 2.05) is 0 Å². The van der Waals surface area contributed by atoms with Gasteiger partial charge in [0.25, 0.3) is 0 Å². The molecule has 0 bridgehead atoms. The Morgan fingerprint density at radius 1 is 1.40 bits per heavy atom. The van der Waals surface area contributed by atoms with E-state index >= 15 is 0 Å². The van der Waals surface area contributed by atoms with E-state index < -0.39 is 0 Å². The Morgan fingerprint density at radius 2 is 2.07 bits per heavy atom. The fraction of sp³-hybridized carbons (Fsp3) is 1.00. The molecule has 0 radical (unpaired) electrons. The molecule has 0 spiro atoms. The third kappa shape index (κ3) is 3.97. The first-order valence-electron chi connectivity index (χ1n) is 5.95. The van der Waals surface area contributed by atoms with Gasteiger partial charge in [-0.3, -0.25) is 0 Å². The van der Waals surface area contributed by atoms with Gasteiger partial charge in [-0.15, -0.1) is 0 Å². The number of hydrogen-bond acceptors (Lipinski definition) is 3. The summed E-state index contributed by atoms with van der Waals surface area (Å²) in [7, 11) is 4.26. The molecule has 1 saturated carbocycles. The van der Waals surface area contributed by atoms with Crippen LogP contribution in [-0.4, -0.2) is 42.6 Å². The van der Waals surface area contributed by atoms with Crippen LogP contribution in [0.1, 0.15) is 33.1 Å². The maximum Gasteiger partial charge on any atom is 0.0211 e. The summed E-state index contributed by atoms with van der Waals surface area (Å²) in [5.41, 5.74) is 6.68. The van der Waals surface area contributed by atoms with Crippen LogP contribution in [0.15, 0.2) is 0 Å². The first kappa shape index (κ1) is 13.3. The first-order chi connectivity index (χ1) is 6.93. The molecule has 1 aliphatic rings. The van der Waals surface area contributed by atoms with Crippen molar-refractivity contribution in [3.8, 4) is 0 Å². The Morgan fingerprint density at radius 3 is 2.67 bits per heavy atom. The summed E-state index contributed by atoms with van der Waals surface area (Å²) in [4.78, 5) is 2.24. The van der Waals surface area contributed by atoms with Gasteiger partial charge < -0.3 is 10.6 Å². The fourth-order valence-electron chi connectivity index (χ4n) is 2.18. The second kappa shape index (κ2) is 5.55. The molecule has 2 atom stereocenters. The van der Waals surface area contributed by atoms with Gasteiger partial charge in [-0.1, -0.05) is 20.3 Å². The minimum Gasteiger partial charge on any atom is -0.326 e. The van der Waals surface area contributed by atoms with Crippen LogP contribution < -0.4 is 5.73 Å². The molecule has 90 valence electrons. The Labute approximate surface area is 99.0 Å². The van der Waals surface area contributed by atoms with Gasteiger partial charge in [0.05, 0.1) is 0 Å². The van der Waals surface area contributed by atoms with Gasteiger partial charge in [0, 0.05) is 23.6 Å². The van der Waals surface area contributed by atoms with Crippen molar-refractivity contribution < 1.29 is 0 Å². The second-order valence-electron chi connectivity index (χ2n) is 5.62. The highest BCUT2D eigenvalue weighted by Gasteiger charge is 2.36. The molecule has 15 heavy (non-hydrogen) atoms. The zero-order valence-electron chi connectivity index (χ0n) is 10.6. The standard InChI is InChI=1S/C12H26N2S/c1-12(2)7-5-6-10(11(12)13)15-9-8-14(3)4/h10-11H,5-9,13H2,1-4H3. The summed E-state index contributed by atoms with van der Waals surface area (Å²) >= 11 is 2.07. The number of rotatable bonds is 4. The molecule has 3 heteroatoms. The van der Waals surface area contributed by atoms with E-state index in [2.05, 4.69) is 44.6 Å². The van der Waals surface area contributed by atoms with Crippen LogP contribution in [0.5, 0.6) is 0 Å². The molecule has 0 aromatic rings. The Bertz CT molecular complexity index is 192. The maximum atomic E-state index is 6.34. The third-order valence-electron chi connectivity index (χ3n) is 3.48. The summed E-state index contributed by atoms with van der Waals surface area (Å²) in [6.45, 7) is 5.79. The predicted molar refractivity (Wildman–Crippen MR) is 70.4 cm³/mol. The SMILES string of the molecule is CN(C)CCSC1CCCC(C)(C)C1N.